The molecule has 1 aliphatic rings. The zero-order valence-electron chi connectivity index (χ0n) is 17.5. The summed E-state index contributed by atoms with van der Waals surface area (Å²) in [6.45, 7) is 5.74. The summed E-state index contributed by atoms with van der Waals surface area (Å²) in [5.41, 5.74) is 2.44. The second kappa shape index (κ2) is 11.6. The van der Waals surface area contributed by atoms with Gasteiger partial charge in [-0.3, -0.25) is 0 Å². The minimum Gasteiger partial charge on any atom is -0.473 e. The van der Waals surface area contributed by atoms with Crippen LogP contribution >= 0.6 is 0 Å². The predicted molar refractivity (Wildman–Crippen MR) is 116 cm³/mol. The lowest BCUT2D eigenvalue weighted by Crippen LogP contribution is -2.48. The summed E-state index contributed by atoms with van der Waals surface area (Å²) in [6.07, 6.45) is 2.18. The molecule has 2 N–H and O–H groups in total. The van der Waals surface area contributed by atoms with E-state index in [1.165, 1.54) is 5.56 Å². The number of aliphatic carboxylic acids is 2. The van der Waals surface area contributed by atoms with Gasteiger partial charge in [0.05, 0.1) is 4.90 Å². The number of sulfonamides is 1. The highest BCUT2D eigenvalue weighted by Gasteiger charge is 2.28. The maximum atomic E-state index is 12.7. The number of benzene rings is 2. The highest BCUT2D eigenvalue weighted by molar-refractivity contribution is 7.89. The fourth-order valence-corrected chi connectivity index (χ4v) is 4.63. The first-order valence-electron chi connectivity index (χ1n) is 9.99. The molecule has 9 heteroatoms. The molecule has 3 rings (SSSR count). The standard InChI is InChI=1S/C20H26N2O2S.C2H2O4/c1-18-9-11-20(12-10-18)25(23,24)22-16-14-21(15-17-22)13-5-8-19-6-3-2-4-7-19;3-1(4)2(5)6/h2-4,6-7,9-12H,5,8,13-17H2,1H3;(H,3,4)(H,5,6). The molecule has 0 aromatic heterocycles. The molecule has 0 atom stereocenters. The Morgan fingerprint density at radius 1 is 0.871 bits per heavy atom. The molecular formula is C22H28N2O6S. The van der Waals surface area contributed by atoms with Gasteiger partial charge in [0.25, 0.3) is 0 Å². The lowest BCUT2D eigenvalue weighted by Gasteiger charge is -2.34. The van der Waals surface area contributed by atoms with E-state index in [0.29, 0.717) is 18.0 Å². The Kier molecular flexibility index (Phi) is 9.17. The summed E-state index contributed by atoms with van der Waals surface area (Å²) in [5, 5.41) is 14.8. The molecule has 0 radical (unpaired) electrons. The average Bonchev–Trinajstić information content (AvgIpc) is 2.75. The fourth-order valence-electron chi connectivity index (χ4n) is 3.20. The quantitative estimate of drug-likeness (QED) is 0.650. The topological polar surface area (TPSA) is 115 Å². The third-order valence-corrected chi connectivity index (χ3v) is 6.87. The van der Waals surface area contributed by atoms with Crippen molar-refractivity contribution in [3.8, 4) is 0 Å². The summed E-state index contributed by atoms with van der Waals surface area (Å²) in [6, 6.07) is 17.6. The van der Waals surface area contributed by atoms with Crippen molar-refractivity contribution in [3.05, 3.63) is 65.7 Å². The Morgan fingerprint density at radius 3 is 1.94 bits per heavy atom. The molecular weight excluding hydrogens is 420 g/mol. The van der Waals surface area contributed by atoms with Gasteiger partial charge < -0.3 is 15.1 Å². The van der Waals surface area contributed by atoms with E-state index < -0.39 is 22.0 Å². The van der Waals surface area contributed by atoms with Crippen molar-refractivity contribution < 1.29 is 28.2 Å². The smallest absolute Gasteiger partial charge is 0.414 e. The zero-order chi connectivity index (χ0) is 22.9. The van der Waals surface area contributed by atoms with Crippen LogP contribution in [-0.4, -0.2) is 72.5 Å². The first-order chi connectivity index (χ1) is 14.7. The van der Waals surface area contributed by atoms with Crippen LogP contribution in [0.1, 0.15) is 17.5 Å². The fraction of sp³-hybridized carbons (Fsp3) is 0.364. The molecule has 0 saturated carbocycles. The van der Waals surface area contributed by atoms with Gasteiger partial charge in [-0.25, -0.2) is 18.0 Å². The third kappa shape index (κ3) is 7.78. The number of carbonyl (C=O) groups is 2. The Bertz CT molecular complexity index is 941. The first kappa shape index (κ1) is 24.5. The van der Waals surface area contributed by atoms with Gasteiger partial charge in [0.2, 0.25) is 10.0 Å². The number of piperazine rings is 1. The van der Waals surface area contributed by atoms with Crippen molar-refractivity contribution in [3.63, 3.8) is 0 Å². The number of carboxylic acid groups (broad SMARTS) is 2. The number of carboxylic acids is 2. The number of hydrogen-bond donors (Lipinski definition) is 2. The van der Waals surface area contributed by atoms with E-state index in [9.17, 15) is 8.42 Å². The van der Waals surface area contributed by atoms with Gasteiger partial charge in [-0.15, -0.1) is 0 Å². The van der Waals surface area contributed by atoms with E-state index >= 15 is 0 Å². The van der Waals surface area contributed by atoms with E-state index in [1.54, 1.807) is 16.4 Å². The van der Waals surface area contributed by atoms with E-state index in [4.69, 9.17) is 19.8 Å². The van der Waals surface area contributed by atoms with Crippen LogP contribution < -0.4 is 0 Å². The van der Waals surface area contributed by atoms with E-state index in [-0.39, 0.29) is 0 Å². The summed E-state index contributed by atoms with van der Waals surface area (Å²) < 4.78 is 27.0. The zero-order valence-corrected chi connectivity index (χ0v) is 18.3. The molecule has 0 unspecified atom stereocenters. The van der Waals surface area contributed by atoms with Gasteiger partial charge in [-0.05, 0) is 44.0 Å². The summed E-state index contributed by atoms with van der Waals surface area (Å²) >= 11 is 0. The van der Waals surface area contributed by atoms with Crippen LogP contribution in [0, 0.1) is 6.92 Å². The van der Waals surface area contributed by atoms with E-state index in [0.717, 1.165) is 38.0 Å². The molecule has 1 saturated heterocycles. The van der Waals surface area contributed by atoms with Crippen LogP contribution in [0.15, 0.2) is 59.5 Å². The Labute approximate surface area is 182 Å². The molecule has 31 heavy (non-hydrogen) atoms. The van der Waals surface area contributed by atoms with Crippen LogP contribution in [-0.2, 0) is 26.0 Å². The van der Waals surface area contributed by atoms with Crippen molar-refractivity contribution in [2.45, 2.75) is 24.7 Å². The first-order valence-corrected chi connectivity index (χ1v) is 11.4. The number of rotatable bonds is 6. The number of nitrogens with zero attached hydrogens (tertiary/aromatic N) is 2. The largest absolute Gasteiger partial charge is 0.473 e. The maximum Gasteiger partial charge on any atom is 0.414 e. The van der Waals surface area contributed by atoms with Gasteiger partial charge in [-0.2, -0.15) is 4.31 Å². The molecule has 1 aliphatic heterocycles. The van der Waals surface area contributed by atoms with Gasteiger partial charge in [0.15, 0.2) is 0 Å². The molecule has 2 aromatic rings. The van der Waals surface area contributed by atoms with Crippen LogP contribution in [0.3, 0.4) is 0 Å². The number of aryl methyl sites for hydroxylation is 2. The lowest BCUT2D eigenvalue weighted by atomic mass is 10.1. The molecule has 2 aromatic carbocycles. The van der Waals surface area contributed by atoms with Crippen molar-refractivity contribution in [1.29, 1.82) is 0 Å². The van der Waals surface area contributed by atoms with Gasteiger partial charge in [0, 0.05) is 26.2 Å². The molecule has 1 fully saturated rings. The van der Waals surface area contributed by atoms with E-state index in [1.807, 2.05) is 25.1 Å². The molecule has 168 valence electrons. The minimum atomic E-state index is -3.36. The third-order valence-electron chi connectivity index (χ3n) is 4.96. The molecule has 0 spiro atoms. The second-order valence-corrected chi connectivity index (χ2v) is 9.20. The van der Waals surface area contributed by atoms with Crippen molar-refractivity contribution >= 4 is 22.0 Å². The molecule has 0 aliphatic carbocycles. The molecule has 8 nitrogen and oxygen atoms in total. The Hall–Kier alpha value is -2.75. The molecule has 0 amide bonds. The summed E-state index contributed by atoms with van der Waals surface area (Å²) in [7, 11) is -3.36. The lowest BCUT2D eigenvalue weighted by molar-refractivity contribution is -0.159. The van der Waals surface area contributed by atoms with Crippen molar-refractivity contribution in [1.82, 2.24) is 9.21 Å². The van der Waals surface area contributed by atoms with Crippen LogP contribution in [0.25, 0.3) is 0 Å². The summed E-state index contributed by atoms with van der Waals surface area (Å²) in [4.78, 5) is 21.0. The average molecular weight is 449 g/mol. The summed E-state index contributed by atoms with van der Waals surface area (Å²) in [5.74, 6) is -3.65. The highest BCUT2D eigenvalue weighted by atomic mass is 32.2. The monoisotopic (exact) mass is 448 g/mol. The van der Waals surface area contributed by atoms with Crippen LogP contribution in [0.4, 0.5) is 0 Å². The van der Waals surface area contributed by atoms with Crippen LogP contribution in [0.5, 0.6) is 0 Å². The Morgan fingerprint density at radius 2 is 1.42 bits per heavy atom. The van der Waals surface area contributed by atoms with Crippen molar-refractivity contribution in [2.75, 3.05) is 32.7 Å². The molecule has 1 heterocycles. The predicted octanol–water partition coefficient (Wildman–Crippen LogP) is 2.09. The van der Waals surface area contributed by atoms with Gasteiger partial charge in [0.1, 0.15) is 0 Å². The van der Waals surface area contributed by atoms with Gasteiger partial charge >= 0.3 is 11.9 Å². The second-order valence-electron chi connectivity index (χ2n) is 7.26. The highest BCUT2D eigenvalue weighted by Crippen LogP contribution is 2.18. The van der Waals surface area contributed by atoms with Gasteiger partial charge in [-0.1, -0.05) is 48.0 Å². The normalized spacial score (nSPS) is 15.0. The molecule has 0 bridgehead atoms. The van der Waals surface area contributed by atoms with Crippen molar-refractivity contribution in [2.24, 2.45) is 0 Å². The Balaban J connectivity index is 0.000000501. The number of hydrogen-bond acceptors (Lipinski definition) is 5. The SMILES string of the molecule is Cc1ccc(S(=O)(=O)N2CCN(CCCc3ccccc3)CC2)cc1.O=C(O)C(=O)O. The minimum absolute atomic E-state index is 0.399. The van der Waals surface area contributed by atoms with E-state index in [2.05, 4.69) is 29.2 Å². The maximum absolute atomic E-state index is 12.7. The van der Waals surface area contributed by atoms with Crippen LogP contribution in [0.2, 0.25) is 0 Å².